The normalized spacial score (nSPS) is 12.4. The molecular formula is C20H18BrClN2O4S2. The Balaban J connectivity index is 1.85. The summed E-state index contributed by atoms with van der Waals surface area (Å²) in [7, 11) is -2.39. The van der Waals surface area contributed by atoms with Crippen molar-refractivity contribution in [2.24, 2.45) is 0 Å². The van der Waals surface area contributed by atoms with Gasteiger partial charge in [0.2, 0.25) is 5.91 Å². The number of rotatable bonds is 8. The molecule has 0 saturated carbocycles. The van der Waals surface area contributed by atoms with Gasteiger partial charge in [-0.3, -0.25) is 4.79 Å². The Kier molecular flexibility index (Phi) is 7.54. The number of benzene rings is 2. The van der Waals surface area contributed by atoms with Crippen LogP contribution in [-0.2, 0) is 21.2 Å². The third-order valence-electron chi connectivity index (χ3n) is 4.13. The van der Waals surface area contributed by atoms with Crippen LogP contribution in [0.25, 0.3) is 0 Å². The quantitative estimate of drug-likeness (QED) is 0.443. The van der Waals surface area contributed by atoms with Crippen LogP contribution in [0.4, 0.5) is 5.69 Å². The van der Waals surface area contributed by atoms with Gasteiger partial charge in [0.15, 0.2) is 0 Å². The SMILES string of the molecule is COc1ccc(NC(=O)[C@@H](Cc2ccccc2)NS(=O)(=O)c2ccc(Br)s2)cc1Cl. The van der Waals surface area contributed by atoms with Gasteiger partial charge in [-0.25, -0.2) is 8.42 Å². The van der Waals surface area contributed by atoms with E-state index in [1.807, 2.05) is 30.3 Å². The van der Waals surface area contributed by atoms with E-state index >= 15 is 0 Å². The minimum atomic E-state index is -3.88. The lowest BCUT2D eigenvalue weighted by Crippen LogP contribution is -2.45. The monoisotopic (exact) mass is 528 g/mol. The largest absolute Gasteiger partial charge is 0.495 e. The number of hydrogen-bond acceptors (Lipinski definition) is 5. The lowest BCUT2D eigenvalue weighted by Gasteiger charge is -2.18. The second-order valence-electron chi connectivity index (χ2n) is 6.26. The predicted octanol–water partition coefficient (Wildman–Crippen LogP) is 4.70. The van der Waals surface area contributed by atoms with Crippen LogP contribution in [0, 0.1) is 0 Å². The summed E-state index contributed by atoms with van der Waals surface area (Å²) in [6.07, 6.45) is 0.183. The molecule has 0 fully saturated rings. The maximum atomic E-state index is 13.0. The van der Waals surface area contributed by atoms with Crippen molar-refractivity contribution in [3.05, 3.63) is 75.0 Å². The van der Waals surface area contributed by atoms with E-state index in [0.717, 1.165) is 16.9 Å². The minimum Gasteiger partial charge on any atom is -0.495 e. The van der Waals surface area contributed by atoms with Crippen LogP contribution >= 0.6 is 38.9 Å². The van der Waals surface area contributed by atoms with Gasteiger partial charge in [0.05, 0.1) is 15.9 Å². The van der Waals surface area contributed by atoms with Crippen molar-refractivity contribution >= 4 is 60.5 Å². The molecule has 0 spiro atoms. The van der Waals surface area contributed by atoms with Crippen molar-refractivity contribution in [1.29, 1.82) is 0 Å². The number of hydrogen-bond donors (Lipinski definition) is 2. The fourth-order valence-corrected chi connectivity index (χ4v) is 6.18. The Bertz CT molecular complexity index is 1140. The van der Waals surface area contributed by atoms with Crippen LogP contribution in [0.1, 0.15) is 5.56 Å². The summed E-state index contributed by atoms with van der Waals surface area (Å²) in [6, 6.07) is 16.1. The second kappa shape index (κ2) is 9.93. The van der Waals surface area contributed by atoms with E-state index in [-0.39, 0.29) is 10.6 Å². The highest BCUT2D eigenvalue weighted by molar-refractivity contribution is 9.11. The number of halogens is 2. The average molecular weight is 530 g/mol. The molecule has 1 amide bonds. The van der Waals surface area contributed by atoms with E-state index < -0.39 is 22.0 Å². The summed E-state index contributed by atoms with van der Waals surface area (Å²) >= 11 is 10.4. The molecule has 0 saturated heterocycles. The number of carbonyl (C=O) groups is 1. The molecular weight excluding hydrogens is 512 g/mol. The van der Waals surface area contributed by atoms with E-state index in [4.69, 9.17) is 16.3 Å². The first-order valence-corrected chi connectivity index (χ1v) is 12.2. The zero-order valence-electron chi connectivity index (χ0n) is 15.8. The molecule has 2 aromatic carbocycles. The highest BCUT2D eigenvalue weighted by atomic mass is 79.9. The van der Waals surface area contributed by atoms with E-state index in [0.29, 0.717) is 20.2 Å². The Morgan fingerprint density at radius 2 is 1.90 bits per heavy atom. The van der Waals surface area contributed by atoms with Crippen LogP contribution in [0.5, 0.6) is 5.75 Å². The molecule has 0 bridgehead atoms. The number of ether oxygens (including phenoxy) is 1. The van der Waals surface area contributed by atoms with Gasteiger partial charge in [-0.2, -0.15) is 4.72 Å². The summed E-state index contributed by atoms with van der Waals surface area (Å²) in [5, 5.41) is 3.05. The Hall–Kier alpha value is -1.91. The fourth-order valence-electron chi connectivity index (χ4n) is 2.70. The van der Waals surface area contributed by atoms with E-state index in [2.05, 4.69) is 26.0 Å². The van der Waals surface area contributed by atoms with Gasteiger partial charge in [0, 0.05) is 5.69 Å². The molecule has 30 heavy (non-hydrogen) atoms. The summed E-state index contributed by atoms with van der Waals surface area (Å²) in [5.74, 6) is -0.0289. The Labute approximate surface area is 192 Å². The highest BCUT2D eigenvalue weighted by Crippen LogP contribution is 2.28. The number of anilines is 1. The van der Waals surface area contributed by atoms with Gasteiger partial charge in [0.25, 0.3) is 10.0 Å². The number of thiophene rings is 1. The van der Waals surface area contributed by atoms with Crippen LogP contribution in [0.15, 0.2) is 68.7 Å². The van der Waals surface area contributed by atoms with Crippen LogP contribution in [-0.4, -0.2) is 27.5 Å². The third kappa shape index (κ3) is 5.83. The first-order valence-electron chi connectivity index (χ1n) is 8.74. The zero-order chi connectivity index (χ0) is 21.7. The summed E-state index contributed by atoms with van der Waals surface area (Å²) in [5.41, 5.74) is 1.25. The van der Waals surface area contributed by atoms with Gasteiger partial charge < -0.3 is 10.1 Å². The maximum Gasteiger partial charge on any atom is 0.250 e. The second-order valence-corrected chi connectivity index (χ2v) is 11.1. The highest BCUT2D eigenvalue weighted by Gasteiger charge is 2.27. The maximum absolute atomic E-state index is 13.0. The minimum absolute atomic E-state index is 0.118. The molecule has 0 unspecified atom stereocenters. The molecule has 1 aromatic heterocycles. The molecule has 2 N–H and O–H groups in total. The van der Waals surface area contributed by atoms with Gasteiger partial charge in [0.1, 0.15) is 16.0 Å². The number of carbonyl (C=O) groups excluding carboxylic acids is 1. The van der Waals surface area contributed by atoms with Crippen molar-refractivity contribution in [3.8, 4) is 5.75 Å². The van der Waals surface area contributed by atoms with Gasteiger partial charge in [-0.1, -0.05) is 41.9 Å². The lowest BCUT2D eigenvalue weighted by atomic mass is 10.1. The smallest absolute Gasteiger partial charge is 0.250 e. The molecule has 10 heteroatoms. The van der Waals surface area contributed by atoms with Crippen molar-refractivity contribution in [3.63, 3.8) is 0 Å². The summed E-state index contributed by atoms with van der Waals surface area (Å²) in [6.45, 7) is 0. The van der Waals surface area contributed by atoms with E-state index in [9.17, 15) is 13.2 Å². The van der Waals surface area contributed by atoms with Gasteiger partial charge in [-0.05, 0) is 58.2 Å². The van der Waals surface area contributed by atoms with Gasteiger partial charge in [-0.15, -0.1) is 11.3 Å². The summed E-state index contributed by atoms with van der Waals surface area (Å²) in [4.78, 5) is 13.0. The lowest BCUT2D eigenvalue weighted by molar-refractivity contribution is -0.117. The number of methoxy groups -OCH3 is 1. The van der Waals surface area contributed by atoms with Crippen molar-refractivity contribution in [2.45, 2.75) is 16.7 Å². The first kappa shape index (κ1) is 22.8. The van der Waals surface area contributed by atoms with Crippen molar-refractivity contribution < 1.29 is 17.9 Å². The molecule has 0 radical (unpaired) electrons. The van der Waals surface area contributed by atoms with Crippen LogP contribution < -0.4 is 14.8 Å². The molecule has 1 atom stereocenters. The first-order chi connectivity index (χ1) is 14.3. The van der Waals surface area contributed by atoms with Crippen molar-refractivity contribution in [1.82, 2.24) is 4.72 Å². The molecule has 0 aliphatic heterocycles. The van der Waals surface area contributed by atoms with Gasteiger partial charge >= 0.3 is 0 Å². The predicted molar refractivity (Wildman–Crippen MR) is 123 cm³/mol. The molecule has 0 aliphatic carbocycles. The zero-order valence-corrected chi connectivity index (χ0v) is 19.7. The number of nitrogens with one attached hydrogen (secondary N) is 2. The Morgan fingerprint density at radius 1 is 1.17 bits per heavy atom. The Morgan fingerprint density at radius 3 is 2.50 bits per heavy atom. The fraction of sp³-hybridized carbons (Fsp3) is 0.150. The van der Waals surface area contributed by atoms with Crippen molar-refractivity contribution in [2.75, 3.05) is 12.4 Å². The molecule has 1 heterocycles. The number of sulfonamides is 1. The van der Waals surface area contributed by atoms with Crippen LogP contribution in [0.3, 0.4) is 0 Å². The molecule has 6 nitrogen and oxygen atoms in total. The number of amides is 1. The standard InChI is InChI=1S/C20H18BrClN2O4S2/c1-28-17-8-7-14(12-15(17)22)23-20(25)16(11-13-5-3-2-4-6-13)24-30(26,27)19-10-9-18(21)29-19/h2-10,12,16,24H,11H2,1H3,(H,23,25)/t16-/m1/s1. The molecule has 0 aliphatic rings. The topological polar surface area (TPSA) is 84.5 Å². The van der Waals surface area contributed by atoms with E-state index in [1.165, 1.54) is 13.2 Å². The van der Waals surface area contributed by atoms with Crippen LogP contribution in [0.2, 0.25) is 5.02 Å². The molecule has 3 aromatic rings. The third-order valence-corrected chi connectivity index (χ3v) is 8.01. The van der Waals surface area contributed by atoms with E-state index in [1.54, 1.807) is 24.3 Å². The summed E-state index contributed by atoms with van der Waals surface area (Å²) < 4.78 is 34.0. The molecule has 158 valence electrons. The molecule has 3 rings (SSSR count). The average Bonchev–Trinajstić information content (AvgIpc) is 3.16.